The van der Waals surface area contributed by atoms with E-state index in [4.69, 9.17) is 0 Å². The van der Waals surface area contributed by atoms with Crippen LogP contribution in [-0.4, -0.2) is 60.9 Å². The van der Waals surface area contributed by atoms with Gasteiger partial charge in [0.25, 0.3) is 0 Å². The van der Waals surface area contributed by atoms with Crippen molar-refractivity contribution >= 4 is 11.8 Å². The van der Waals surface area contributed by atoms with Gasteiger partial charge >= 0.3 is 0 Å². The average Bonchev–Trinajstić information content (AvgIpc) is 2.61. The molecule has 0 atom stereocenters. The highest BCUT2D eigenvalue weighted by Crippen LogP contribution is 2.09. The Morgan fingerprint density at radius 3 is 2.73 bits per heavy atom. The van der Waals surface area contributed by atoms with Crippen molar-refractivity contribution in [1.29, 1.82) is 0 Å². The van der Waals surface area contributed by atoms with Gasteiger partial charge in [0.15, 0.2) is 0 Å². The summed E-state index contributed by atoms with van der Waals surface area (Å²) >= 11 is 0. The van der Waals surface area contributed by atoms with Gasteiger partial charge in [0.1, 0.15) is 0 Å². The van der Waals surface area contributed by atoms with Gasteiger partial charge in [0.2, 0.25) is 11.8 Å². The summed E-state index contributed by atoms with van der Waals surface area (Å²) in [6.07, 6.45) is 1.68. The maximum absolute atomic E-state index is 11.3. The van der Waals surface area contributed by atoms with E-state index in [1.54, 1.807) is 0 Å². The molecule has 2 fully saturated rings. The molecule has 5 heteroatoms. The van der Waals surface area contributed by atoms with Crippen LogP contribution in [0.3, 0.4) is 0 Å². The van der Waals surface area contributed by atoms with Gasteiger partial charge in [0, 0.05) is 39.1 Å². The smallest absolute Gasteiger partial charge is 0.234 e. The minimum absolute atomic E-state index is 0.0917. The van der Waals surface area contributed by atoms with Crippen molar-refractivity contribution < 1.29 is 9.59 Å². The van der Waals surface area contributed by atoms with E-state index in [0.29, 0.717) is 13.0 Å². The van der Waals surface area contributed by atoms with Gasteiger partial charge in [-0.3, -0.25) is 14.5 Å². The topological polar surface area (TPSA) is 52.7 Å². The van der Waals surface area contributed by atoms with Gasteiger partial charge in [-0.1, -0.05) is 0 Å². The van der Waals surface area contributed by atoms with Crippen LogP contribution in [0.2, 0.25) is 0 Å². The number of carbonyl (C=O) groups excluding carboxylic acids is 2. The fourth-order valence-electron chi connectivity index (χ4n) is 2.08. The van der Waals surface area contributed by atoms with Gasteiger partial charge in [-0.2, -0.15) is 0 Å². The molecule has 2 aliphatic rings. The third-order valence-electron chi connectivity index (χ3n) is 2.97. The lowest BCUT2D eigenvalue weighted by Crippen LogP contribution is -2.49. The lowest BCUT2D eigenvalue weighted by atomic mass is 10.3. The van der Waals surface area contributed by atoms with Crippen LogP contribution < -0.4 is 5.32 Å². The number of nitrogens with zero attached hydrogens (tertiary/aromatic N) is 2. The first-order valence-electron chi connectivity index (χ1n) is 5.52. The monoisotopic (exact) mass is 211 g/mol. The SMILES string of the molecule is O=C1CN(CCN2CCCC2=O)CCN1. The molecule has 0 aromatic carbocycles. The number of amides is 2. The lowest BCUT2D eigenvalue weighted by Gasteiger charge is -2.28. The summed E-state index contributed by atoms with van der Waals surface area (Å²) in [5.41, 5.74) is 0. The van der Waals surface area contributed by atoms with Crippen molar-refractivity contribution in [3.63, 3.8) is 0 Å². The van der Waals surface area contributed by atoms with Crippen LogP contribution in [0, 0.1) is 0 Å². The second-order valence-electron chi connectivity index (χ2n) is 4.11. The number of rotatable bonds is 3. The van der Waals surface area contributed by atoms with E-state index in [0.717, 1.165) is 39.1 Å². The Morgan fingerprint density at radius 1 is 1.20 bits per heavy atom. The minimum Gasteiger partial charge on any atom is -0.354 e. The summed E-state index contributed by atoms with van der Waals surface area (Å²) in [6, 6.07) is 0. The first-order chi connectivity index (χ1) is 7.25. The van der Waals surface area contributed by atoms with Crippen molar-refractivity contribution in [2.75, 3.05) is 39.3 Å². The summed E-state index contributed by atoms with van der Waals surface area (Å²) in [7, 11) is 0. The molecule has 2 aliphatic heterocycles. The number of likely N-dealkylation sites (tertiary alicyclic amines) is 1. The molecular formula is C10H17N3O2. The Kier molecular flexibility index (Phi) is 3.20. The van der Waals surface area contributed by atoms with Gasteiger partial charge in [-0.05, 0) is 6.42 Å². The molecule has 15 heavy (non-hydrogen) atoms. The summed E-state index contributed by atoms with van der Waals surface area (Å²) in [5, 5.41) is 2.79. The predicted octanol–water partition coefficient (Wildman–Crippen LogP) is -0.959. The molecule has 5 nitrogen and oxygen atoms in total. The molecule has 2 amide bonds. The largest absolute Gasteiger partial charge is 0.354 e. The molecule has 0 aromatic rings. The Balaban J connectivity index is 1.72. The number of piperazine rings is 1. The third-order valence-corrected chi connectivity index (χ3v) is 2.97. The van der Waals surface area contributed by atoms with Crippen LogP contribution >= 0.6 is 0 Å². The van der Waals surface area contributed by atoms with E-state index in [-0.39, 0.29) is 11.8 Å². The number of nitrogens with one attached hydrogen (secondary N) is 1. The molecule has 84 valence electrons. The average molecular weight is 211 g/mol. The molecule has 0 aliphatic carbocycles. The molecule has 2 saturated heterocycles. The van der Waals surface area contributed by atoms with Crippen molar-refractivity contribution in [3.05, 3.63) is 0 Å². The zero-order valence-corrected chi connectivity index (χ0v) is 8.87. The third kappa shape index (κ3) is 2.68. The van der Waals surface area contributed by atoms with Crippen LogP contribution in [0.1, 0.15) is 12.8 Å². The van der Waals surface area contributed by atoms with E-state index in [1.807, 2.05) is 4.90 Å². The normalized spacial score (nSPS) is 23.3. The first-order valence-corrected chi connectivity index (χ1v) is 5.52. The van der Waals surface area contributed by atoms with Crippen LogP contribution in [0.5, 0.6) is 0 Å². The zero-order valence-electron chi connectivity index (χ0n) is 8.87. The van der Waals surface area contributed by atoms with E-state index >= 15 is 0 Å². The highest BCUT2D eigenvalue weighted by atomic mass is 16.2. The molecule has 0 bridgehead atoms. The van der Waals surface area contributed by atoms with Crippen LogP contribution in [-0.2, 0) is 9.59 Å². The number of hydrogen-bond donors (Lipinski definition) is 1. The maximum Gasteiger partial charge on any atom is 0.234 e. The van der Waals surface area contributed by atoms with E-state index < -0.39 is 0 Å². The number of hydrogen-bond acceptors (Lipinski definition) is 3. The second-order valence-corrected chi connectivity index (χ2v) is 4.11. The van der Waals surface area contributed by atoms with Crippen LogP contribution in [0.4, 0.5) is 0 Å². The van der Waals surface area contributed by atoms with Gasteiger partial charge in [0.05, 0.1) is 6.54 Å². The predicted molar refractivity (Wildman–Crippen MR) is 55.3 cm³/mol. The van der Waals surface area contributed by atoms with Crippen molar-refractivity contribution in [1.82, 2.24) is 15.1 Å². The molecule has 0 spiro atoms. The van der Waals surface area contributed by atoms with Crippen molar-refractivity contribution in [2.24, 2.45) is 0 Å². The minimum atomic E-state index is 0.0917. The lowest BCUT2D eigenvalue weighted by molar-refractivity contribution is -0.128. The molecule has 2 rings (SSSR count). The summed E-state index contributed by atoms with van der Waals surface area (Å²) in [4.78, 5) is 26.4. The van der Waals surface area contributed by atoms with Crippen molar-refractivity contribution in [2.45, 2.75) is 12.8 Å². The van der Waals surface area contributed by atoms with Gasteiger partial charge in [-0.15, -0.1) is 0 Å². The molecule has 1 N–H and O–H groups in total. The second kappa shape index (κ2) is 4.61. The standard InChI is InChI=1S/C10H17N3O2/c14-9-8-12(5-3-11-9)6-7-13-4-1-2-10(13)15/h1-8H2,(H,11,14). The molecular weight excluding hydrogens is 194 g/mol. The van der Waals surface area contributed by atoms with E-state index in [9.17, 15) is 9.59 Å². The summed E-state index contributed by atoms with van der Waals surface area (Å²) < 4.78 is 0. The van der Waals surface area contributed by atoms with E-state index in [2.05, 4.69) is 10.2 Å². The molecule has 0 saturated carbocycles. The maximum atomic E-state index is 11.3. The fraction of sp³-hybridized carbons (Fsp3) is 0.800. The molecule has 0 aromatic heterocycles. The number of carbonyl (C=O) groups is 2. The summed E-state index contributed by atoms with van der Waals surface area (Å²) in [6.45, 7) is 4.58. The highest BCUT2D eigenvalue weighted by molar-refractivity contribution is 5.79. The zero-order chi connectivity index (χ0) is 10.7. The Morgan fingerprint density at radius 2 is 2.07 bits per heavy atom. The Hall–Kier alpha value is -1.10. The Bertz CT molecular complexity index is 267. The van der Waals surface area contributed by atoms with Gasteiger partial charge in [-0.25, -0.2) is 0 Å². The van der Waals surface area contributed by atoms with Crippen molar-refractivity contribution in [3.8, 4) is 0 Å². The fourth-order valence-corrected chi connectivity index (χ4v) is 2.08. The highest BCUT2D eigenvalue weighted by Gasteiger charge is 2.22. The molecule has 0 unspecified atom stereocenters. The Labute approximate surface area is 89.4 Å². The van der Waals surface area contributed by atoms with Gasteiger partial charge < -0.3 is 10.2 Å². The van der Waals surface area contributed by atoms with E-state index in [1.165, 1.54) is 0 Å². The van der Waals surface area contributed by atoms with Crippen LogP contribution in [0.25, 0.3) is 0 Å². The molecule has 2 heterocycles. The molecule has 0 radical (unpaired) electrons. The first kappa shape index (κ1) is 10.4. The quantitative estimate of drug-likeness (QED) is 0.654. The van der Waals surface area contributed by atoms with Crippen LogP contribution in [0.15, 0.2) is 0 Å². The summed E-state index contributed by atoms with van der Waals surface area (Å²) in [5.74, 6) is 0.352.